The fourth-order valence-corrected chi connectivity index (χ4v) is 5.53. The minimum atomic E-state index is -0.231. The van der Waals surface area contributed by atoms with Gasteiger partial charge in [-0.05, 0) is 30.2 Å². The summed E-state index contributed by atoms with van der Waals surface area (Å²) in [7, 11) is 2.05. The van der Waals surface area contributed by atoms with Gasteiger partial charge in [0.1, 0.15) is 12.7 Å². The third-order valence-corrected chi connectivity index (χ3v) is 7.06. The first-order valence-corrected chi connectivity index (χ1v) is 11.2. The molecule has 7 heteroatoms. The zero-order valence-corrected chi connectivity index (χ0v) is 18.2. The van der Waals surface area contributed by atoms with Crippen LogP contribution in [0.2, 0.25) is 0 Å². The third-order valence-electron chi connectivity index (χ3n) is 7.06. The van der Waals surface area contributed by atoms with Crippen LogP contribution < -0.4 is 4.90 Å². The van der Waals surface area contributed by atoms with Gasteiger partial charge in [0.15, 0.2) is 0 Å². The number of benzene rings is 2. The molecule has 0 unspecified atom stereocenters. The van der Waals surface area contributed by atoms with Gasteiger partial charge in [0, 0.05) is 37.6 Å². The van der Waals surface area contributed by atoms with Gasteiger partial charge in [0.25, 0.3) is 5.91 Å². The second kappa shape index (κ2) is 7.38. The van der Waals surface area contributed by atoms with Crippen molar-refractivity contribution in [3.63, 3.8) is 0 Å². The molecule has 3 aliphatic rings. The molecule has 7 nitrogen and oxygen atoms in total. The van der Waals surface area contributed by atoms with Crippen LogP contribution in [-0.4, -0.2) is 66.1 Å². The van der Waals surface area contributed by atoms with Crippen LogP contribution in [0.15, 0.2) is 48.5 Å². The molecule has 0 aliphatic carbocycles. The Bertz CT molecular complexity index is 1230. The molecule has 1 atom stereocenters. The Labute approximate surface area is 186 Å². The Kier molecular flexibility index (Phi) is 4.47. The number of carbonyl (C=O) groups is 2. The maximum atomic E-state index is 13.4. The average Bonchev–Trinajstić information content (AvgIpc) is 3.16. The first-order valence-electron chi connectivity index (χ1n) is 11.2. The summed E-state index contributed by atoms with van der Waals surface area (Å²) in [5.41, 5.74) is 5.03. The molecule has 6 rings (SSSR count). The highest BCUT2D eigenvalue weighted by Crippen LogP contribution is 2.44. The summed E-state index contributed by atoms with van der Waals surface area (Å²) >= 11 is 0. The van der Waals surface area contributed by atoms with Gasteiger partial charge < -0.3 is 24.0 Å². The number of ether oxygens (including phenoxy) is 1. The molecule has 164 valence electrons. The number of carbonyl (C=O) groups excluding carboxylic acids is 2. The molecule has 2 amide bonds. The predicted octanol–water partition coefficient (Wildman–Crippen LogP) is 2.65. The smallest absolute Gasteiger partial charge is 0.257 e. The van der Waals surface area contributed by atoms with Crippen LogP contribution in [0, 0.1) is 0 Å². The van der Waals surface area contributed by atoms with Crippen LogP contribution in [0.1, 0.15) is 27.8 Å². The maximum Gasteiger partial charge on any atom is 0.257 e. The van der Waals surface area contributed by atoms with Gasteiger partial charge in [-0.15, -0.1) is 0 Å². The summed E-state index contributed by atoms with van der Waals surface area (Å²) in [5.74, 6) is 0.157. The van der Waals surface area contributed by atoms with Crippen molar-refractivity contribution < 1.29 is 14.3 Å². The number of rotatable bonds is 2. The largest absolute Gasteiger partial charge is 0.378 e. The summed E-state index contributed by atoms with van der Waals surface area (Å²) in [5, 5.41) is 1.18. The van der Waals surface area contributed by atoms with E-state index >= 15 is 0 Å². The Morgan fingerprint density at radius 1 is 1.03 bits per heavy atom. The standard InChI is InChI=1S/C25H26N4O3/c1-26-20-8-4-3-7-19(20)25(31)28-11-10-18-17-6-2-5-9-21(17)29(23(18)24(26)28)16-22(30)27-12-14-32-15-13-27/h2-9,24H,10-16H2,1H3/t24-/m1/s1. The van der Waals surface area contributed by atoms with Crippen molar-refractivity contribution in [1.29, 1.82) is 0 Å². The summed E-state index contributed by atoms with van der Waals surface area (Å²) < 4.78 is 7.57. The normalized spacial score (nSPS) is 20.2. The zero-order valence-electron chi connectivity index (χ0n) is 18.2. The van der Waals surface area contributed by atoms with Crippen LogP contribution in [-0.2, 0) is 22.5 Å². The molecule has 3 aliphatic heterocycles. The van der Waals surface area contributed by atoms with E-state index in [9.17, 15) is 9.59 Å². The number of amides is 2. The van der Waals surface area contributed by atoms with Crippen LogP contribution in [0.25, 0.3) is 10.9 Å². The van der Waals surface area contributed by atoms with Crippen molar-refractivity contribution in [2.45, 2.75) is 19.1 Å². The van der Waals surface area contributed by atoms with Crippen LogP contribution >= 0.6 is 0 Å². The highest BCUT2D eigenvalue weighted by molar-refractivity contribution is 6.02. The highest BCUT2D eigenvalue weighted by atomic mass is 16.5. The summed E-state index contributed by atoms with van der Waals surface area (Å²) in [6, 6.07) is 16.1. The zero-order chi connectivity index (χ0) is 21.8. The van der Waals surface area contributed by atoms with Crippen LogP contribution in [0.3, 0.4) is 0 Å². The number of nitrogens with zero attached hydrogens (tertiary/aromatic N) is 4. The van der Waals surface area contributed by atoms with Crippen molar-refractivity contribution in [3.8, 4) is 0 Å². The first-order chi connectivity index (χ1) is 15.6. The Morgan fingerprint density at radius 2 is 1.78 bits per heavy atom. The highest BCUT2D eigenvalue weighted by Gasteiger charge is 2.43. The van der Waals surface area contributed by atoms with Gasteiger partial charge in [-0.1, -0.05) is 30.3 Å². The number of morpholine rings is 1. The second-order valence-electron chi connectivity index (χ2n) is 8.71. The molecule has 4 heterocycles. The van der Waals surface area contributed by atoms with Crippen molar-refractivity contribution in [2.75, 3.05) is 44.8 Å². The van der Waals surface area contributed by atoms with E-state index in [1.54, 1.807) is 0 Å². The van der Waals surface area contributed by atoms with Crippen molar-refractivity contribution >= 4 is 28.4 Å². The van der Waals surface area contributed by atoms with E-state index in [0.717, 1.165) is 28.9 Å². The molecule has 1 saturated heterocycles. The lowest BCUT2D eigenvalue weighted by molar-refractivity contribution is -0.135. The molecule has 0 spiro atoms. The fraction of sp³-hybridized carbons (Fsp3) is 0.360. The predicted molar refractivity (Wildman–Crippen MR) is 122 cm³/mol. The molecule has 32 heavy (non-hydrogen) atoms. The van der Waals surface area contributed by atoms with E-state index in [1.165, 1.54) is 10.9 Å². The van der Waals surface area contributed by atoms with Crippen LogP contribution in [0.5, 0.6) is 0 Å². The van der Waals surface area contributed by atoms with E-state index in [0.29, 0.717) is 32.8 Å². The van der Waals surface area contributed by atoms with Gasteiger partial charge in [-0.2, -0.15) is 0 Å². The first kappa shape index (κ1) is 19.4. The Hall–Kier alpha value is -3.32. The van der Waals surface area contributed by atoms with Crippen LogP contribution in [0.4, 0.5) is 5.69 Å². The van der Waals surface area contributed by atoms with E-state index < -0.39 is 0 Å². The van der Waals surface area contributed by atoms with Gasteiger partial charge in [-0.25, -0.2) is 0 Å². The average molecular weight is 431 g/mol. The van der Waals surface area contributed by atoms with Gasteiger partial charge >= 0.3 is 0 Å². The second-order valence-corrected chi connectivity index (χ2v) is 8.71. The monoisotopic (exact) mass is 430 g/mol. The molecule has 3 aromatic rings. The van der Waals surface area contributed by atoms with E-state index in [-0.39, 0.29) is 24.5 Å². The summed E-state index contributed by atoms with van der Waals surface area (Å²) in [6.07, 6.45) is 0.554. The number of para-hydroxylation sites is 2. The number of aromatic nitrogens is 1. The molecule has 1 aromatic heterocycles. The number of anilines is 1. The minimum Gasteiger partial charge on any atom is -0.378 e. The quantitative estimate of drug-likeness (QED) is 0.627. The van der Waals surface area contributed by atoms with Crippen molar-refractivity contribution in [3.05, 3.63) is 65.4 Å². The molecule has 0 saturated carbocycles. The van der Waals surface area contributed by atoms with Crippen molar-refractivity contribution in [2.24, 2.45) is 0 Å². The molecule has 0 N–H and O–H groups in total. The van der Waals surface area contributed by atoms with Gasteiger partial charge in [0.05, 0.1) is 30.2 Å². The molecule has 1 fully saturated rings. The van der Waals surface area contributed by atoms with Gasteiger partial charge in [-0.3, -0.25) is 9.59 Å². The topological polar surface area (TPSA) is 58.0 Å². The van der Waals surface area contributed by atoms with E-state index in [4.69, 9.17) is 4.74 Å². The van der Waals surface area contributed by atoms with E-state index in [2.05, 4.69) is 21.6 Å². The summed E-state index contributed by atoms with van der Waals surface area (Å²) in [6.45, 7) is 3.36. The number of hydrogen-bond donors (Lipinski definition) is 0. The minimum absolute atomic E-state index is 0.0608. The lowest BCUT2D eigenvalue weighted by atomic mass is 9.96. The molecule has 0 bridgehead atoms. The molecular weight excluding hydrogens is 404 g/mol. The third kappa shape index (κ3) is 2.77. The Morgan fingerprint density at radius 3 is 2.62 bits per heavy atom. The lowest BCUT2D eigenvalue weighted by Crippen LogP contribution is -2.52. The SMILES string of the molecule is CN1c2ccccc2C(=O)N2CCc3c(n(CC(=O)N4CCOCC4)c4ccccc34)[C@@H]21. The van der Waals surface area contributed by atoms with E-state index in [1.807, 2.05) is 53.2 Å². The lowest BCUT2D eigenvalue weighted by Gasteiger charge is -2.46. The number of hydrogen-bond acceptors (Lipinski definition) is 4. The molecule has 2 aromatic carbocycles. The van der Waals surface area contributed by atoms with Gasteiger partial charge in [0.2, 0.25) is 5.91 Å². The van der Waals surface area contributed by atoms with Crippen molar-refractivity contribution in [1.82, 2.24) is 14.4 Å². The Balaban J connectivity index is 1.50. The fourth-order valence-electron chi connectivity index (χ4n) is 5.53. The summed E-state index contributed by atoms with van der Waals surface area (Å²) in [4.78, 5) is 32.7. The molecule has 0 radical (unpaired) electrons. The number of fused-ring (bicyclic) bond motifs is 6. The maximum absolute atomic E-state index is 13.4. The molecular formula is C25H26N4O3.